The van der Waals surface area contributed by atoms with Crippen LogP contribution in [0.5, 0.6) is 0 Å². The summed E-state index contributed by atoms with van der Waals surface area (Å²) in [5.74, 6) is -0.344. The lowest BCUT2D eigenvalue weighted by atomic mass is 10.1. The van der Waals surface area contributed by atoms with Crippen molar-refractivity contribution in [2.75, 3.05) is 13.1 Å². The Bertz CT molecular complexity index is 549. The van der Waals surface area contributed by atoms with Crippen molar-refractivity contribution in [1.29, 1.82) is 0 Å². The van der Waals surface area contributed by atoms with E-state index in [4.69, 9.17) is 0 Å². The van der Waals surface area contributed by atoms with Crippen LogP contribution in [0.25, 0.3) is 0 Å². The molecule has 6 heteroatoms. The van der Waals surface area contributed by atoms with Gasteiger partial charge in [0.15, 0.2) is 0 Å². The number of carbonyl (C=O) groups excluding carboxylic acids is 3. The molecule has 0 spiro atoms. The second-order valence-electron chi connectivity index (χ2n) is 9.30. The molecule has 1 atom stereocenters. The van der Waals surface area contributed by atoms with Crippen molar-refractivity contribution >= 4 is 17.7 Å². The molecule has 0 aromatic heterocycles. The molecule has 3 N–H and O–H groups in total. The minimum atomic E-state index is -0.644. The molecule has 0 rings (SSSR count). The number of amides is 3. The normalized spacial score (nSPS) is 12.0. The van der Waals surface area contributed by atoms with Crippen molar-refractivity contribution in [1.82, 2.24) is 16.0 Å². The molecule has 3 amide bonds. The van der Waals surface area contributed by atoms with Gasteiger partial charge < -0.3 is 16.0 Å². The Hall–Kier alpha value is -1.85. The molecule has 0 fully saturated rings. The number of carbonyl (C=O) groups is 3. The van der Waals surface area contributed by atoms with Gasteiger partial charge >= 0.3 is 0 Å². The summed E-state index contributed by atoms with van der Waals surface area (Å²) in [6.07, 6.45) is 21.2. The van der Waals surface area contributed by atoms with Crippen molar-refractivity contribution in [3.8, 4) is 0 Å². The predicted molar refractivity (Wildman–Crippen MR) is 143 cm³/mol. The molecular formula is C28H53N3O3. The molecule has 0 aliphatic heterocycles. The molecule has 6 nitrogen and oxygen atoms in total. The Morgan fingerprint density at radius 1 is 0.676 bits per heavy atom. The van der Waals surface area contributed by atoms with Crippen molar-refractivity contribution < 1.29 is 14.4 Å². The van der Waals surface area contributed by atoms with Crippen molar-refractivity contribution in [3.63, 3.8) is 0 Å². The topological polar surface area (TPSA) is 87.3 Å². The van der Waals surface area contributed by atoms with Crippen LogP contribution >= 0.6 is 0 Å². The van der Waals surface area contributed by atoms with E-state index in [0.29, 0.717) is 25.9 Å². The van der Waals surface area contributed by atoms with Gasteiger partial charge in [-0.1, -0.05) is 83.8 Å². The quantitative estimate of drug-likeness (QED) is 0.125. The van der Waals surface area contributed by atoms with Gasteiger partial charge in [-0.2, -0.15) is 0 Å². The Kier molecular flexibility index (Phi) is 23.0. The first-order valence-electron chi connectivity index (χ1n) is 14.0. The molecule has 0 radical (unpaired) electrons. The van der Waals surface area contributed by atoms with Crippen LogP contribution in [0.3, 0.4) is 0 Å². The predicted octanol–water partition coefficient (Wildman–Crippen LogP) is 5.95. The molecule has 0 aromatic carbocycles. The summed E-state index contributed by atoms with van der Waals surface area (Å²) in [7, 11) is 0. The van der Waals surface area contributed by atoms with E-state index in [-0.39, 0.29) is 24.1 Å². The largest absolute Gasteiger partial charge is 0.356 e. The molecule has 0 bridgehead atoms. The molecule has 0 saturated heterocycles. The zero-order chi connectivity index (χ0) is 25.3. The first kappa shape index (κ1) is 32.1. The standard InChI is InChI=1S/C28H53N3O3/c1-4-7-10-11-12-13-14-15-16-17-18-19-20-27(33)31-25(28(34)30-24-9-6-3)21-22-26(32)29-23-8-5-2/h4,7,25H,5-6,8-24H2,1-3H3,(H,29,32)(H,30,34)(H,31,33)/b7-4+/t25-/m0/s1. The van der Waals surface area contributed by atoms with Crippen LogP contribution in [0, 0.1) is 0 Å². The average molecular weight is 480 g/mol. The number of hydrogen-bond donors (Lipinski definition) is 3. The number of nitrogens with one attached hydrogen (secondary N) is 3. The summed E-state index contributed by atoms with van der Waals surface area (Å²) in [6.45, 7) is 7.47. The third-order valence-corrected chi connectivity index (χ3v) is 6.00. The summed E-state index contributed by atoms with van der Waals surface area (Å²) in [5, 5.41) is 8.64. The molecule has 34 heavy (non-hydrogen) atoms. The summed E-state index contributed by atoms with van der Waals surface area (Å²) in [4.78, 5) is 37.0. The van der Waals surface area contributed by atoms with Crippen LogP contribution < -0.4 is 16.0 Å². The zero-order valence-corrected chi connectivity index (χ0v) is 22.4. The molecular weight excluding hydrogens is 426 g/mol. The molecule has 0 unspecified atom stereocenters. The van der Waals surface area contributed by atoms with E-state index in [1.54, 1.807) is 0 Å². The van der Waals surface area contributed by atoms with Crippen LogP contribution in [-0.2, 0) is 14.4 Å². The van der Waals surface area contributed by atoms with E-state index in [1.165, 1.54) is 44.9 Å². The van der Waals surface area contributed by atoms with Crippen molar-refractivity contribution in [3.05, 3.63) is 12.2 Å². The Morgan fingerprint density at radius 2 is 1.24 bits per heavy atom. The summed E-state index contributed by atoms with van der Waals surface area (Å²) >= 11 is 0. The third-order valence-electron chi connectivity index (χ3n) is 6.00. The van der Waals surface area contributed by atoms with Crippen LogP contribution in [0.1, 0.15) is 130 Å². The van der Waals surface area contributed by atoms with E-state index in [0.717, 1.165) is 44.9 Å². The van der Waals surface area contributed by atoms with Gasteiger partial charge in [0.05, 0.1) is 0 Å². The highest BCUT2D eigenvalue weighted by atomic mass is 16.2. The first-order chi connectivity index (χ1) is 16.5. The lowest BCUT2D eigenvalue weighted by Gasteiger charge is -2.18. The lowest BCUT2D eigenvalue weighted by Crippen LogP contribution is -2.47. The van der Waals surface area contributed by atoms with Gasteiger partial charge in [-0.15, -0.1) is 0 Å². The third kappa shape index (κ3) is 20.7. The summed E-state index contributed by atoms with van der Waals surface area (Å²) in [5.41, 5.74) is 0. The lowest BCUT2D eigenvalue weighted by molar-refractivity contribution is -0.129. The van der Waals surface area contributed by atoms with E-state index in [9.17, 15) is 14.4 Å². The molecule has 0 heterocycles. The van der Waals surface area contributed by atoms with Crippen molar-refractivity contribution in [2.24, 2.45) is 0 Å². The van der Waals surface area contributed by atoms with E-state index in [2.05, 4.69) is 48.9 Å². The van der Waals surface area contributed by atoms with Crippen LogP contribution in [0.2, 0.25) is 0 Å². The van der Waals surface area contributed by atoms with Crippen molar-refractivity contribution in [2.45, 2.75) is 136 Å². The van der Waals surface area contributed by atoms with Gasteiger partial charge in [-0.05, 0) is 45.4 Å². The maximum absolute atomic E-state index is 12.5. The SMILES string of the molecule is C/C=C/CCCCCCCCCCCC(=O)N[C@@H](CCC(=O)NCCCC)C(=O)NCCCC. The molecule has 0 aliphatic rings. The van der Waals surface area contributed by atoms with Gasteiger partial charge in [-0.3, -0.25) is 14.4 Å². The Labute approximate surface area is 209 Å². The van der Waals surface area contributed by atoms with Crippen LogP contribution in [0.15, 0.2) is 12.2 Å². The highest BCUT2D eigenvalue weighted by Crippen LogP contribution is 2.12. The highest BCUT2D eigenvalue weighted by molar-refractivity contribution is 5.88. The highest BCUT2D eigenvalue weighted by Gasteiger charge is 2.21. The average Bonchev–Trinajstić information content (AvgIpc) is 2.82. The van der Waals surface area contributed by atoms with Gasteiger partial charge in [0.2, 0.25) is 17.7 Å². The molecule has 0 aromatic rings. The Balaban J connectivity index is 4.11. The Morgan fingerprint density at radius 3 is 1.82 bits per heavy atom. The second-order valence-corrected chi connectivity index (χ2v) is 9.30. The number of rotatable bonds is 23. The van der Waals surface area contributed by atoms with Gasteiger partial charge in [0.1, 0.15) is 6.04 Å². The fourth-order valence-electron chi connectivity index (χ4n) is 3.77. The van der Waals surface area contributed by atoms with Crippen LogP contribution in [0.4, 0.5) is 0 Å². The number of allylic oxidation sites excluding steroid dienone is 2. The monoisotopic (exact) mass is 479 g/mol. The summed E-state index contributed by atoms with van der Waals surface area (Å²) in [6, 6.07) is -0.644. The minimum Gasteiger partial charge on any atom is -0.356 e. The van der Waals surface area contributed by atoms with E-state index in [1.807, 2.05) is 0 Å². The second kappa shape index (κ2) is 24.3. The van der Waals surface area contributed by atoms with E-state index < -0.39 is 6.04 Å². The molecule has 198 valence electrons. The maximum atomic E-state index is 12.5. The first-order valence-corrected chi connectivity index (χ1v) is 14.0. The summed E-state index contributed by atoms with van der Waals surface area (Å²) < 4.78 is 0. The van der Waals surface area contributed by atoms with Gasteiger partial charge in [0, 0.05) is 25.9 Å². The van der Waals surface area contributed by atoms with E-state index >= 15 is 0 Å². The number of hydrogen-bond acceptors (Lipinski definition) is 3. The van der Waals surface area contributed by atoms with Gasteiger partial charge in [0.25, 0.3) is 0 Å². The zero-order valence-electron chi connectivity index (χ0n) is 22.4. The van der Waals surface area contributed by atoms with Crippen LogP contribution in [-0.4, -0.2) is 36.9 Å². The molecule has 0 saturated carbocycles. The smallest absolute Gasteiger partial charge is 0.242 e. The fourth-order valence-corrected chi connectivity index (χ4v) is 3.77. The van der Waals surface area contributed by atoms with Gasteiger partial charge in [-0.25, -0.2) is 0 Å². The fraction of sp³-hybridized carbons (Fsp3) is 0.821. The number of unbranched alkanes of at least 4 members (excludes halogenated alkanes) is 11. The maximum Gasteiger partial charge on any atom is 0.242 e. The molecule has 0 aliphatic carbocycles. The minimum absolute atomic E-state index is 0.0631.